The van der Waals surface area contributed by atoms with Crippen molar-refractivity contribution in [1.82, 2.24) is 9.55 Å². The van der Waals surface area contributed by atoms with Gasteiger partial charge in [0.05, 0.1) is 22.7 Å². The molecule has 162 valence electrons. The van der Waals surface area contributed by atoms with Crippen molar-refractivity contribution in [3.05, 3.63) is 110 Å². The number of halogens is 2. The summed E-state index contributed by atoms with van der Waals surface area (Å²) >= 11 is 12.5. The maximum absolute atomic E-state index is 13.1. The highest BCUT2D eigenvalue weighted by Gasteiger charge is 2.17. The number of hydrogen-bond donors (Lipinski definition) is 0. The van der Waals surface area contributed by atoms with Crippen molar-refractivity contribution < 1.29 is 9.53 Å². The number of aryl methyl sites for hydroxylation is 2. The zero-order chi connectivity index (χ0) is 22.7. The van der Waals surface area contributed by atoms with E-state index >= 15 is 0 Å². The zero-order valence-corrected chi connectivity index (χ0v) is 18.9. The summed E-state index contributed by atoms with van der Waals surface area (Å²) in [6.45, 7) is 0.553. The molecule has 32 heavy (non-hydrogen) atoms. The van der Waals surface area contributed by atoms with Crippen molar-refractivity contribution in [1.29, 1.82) is 0 Å². The van der Waals surface area contributed by atoms with Gasteiger partial charge in [-0.3, -0.25) is 9.78 Å². The summed E-state index contributed by atoms with van der Waals surface area (Å²) in [7, 11) is 1.27. The van der Waals surface area contributed by atoms with Gasteiger partial charge in [0.15, 0.2) is 0 Å². The molecule has 0 atom stereocenters. The smallest absolute Gasteiger partial charge is 0.343 e. The number of esters is 1. The summed E-state index contributed by atoms with van der Waals surface area (Å²) in [5.74, 6) is -0.660. The number of benzene rings is 2. The number of rotatable bonds is 6. The van der Waals surface area contributed by atoms with Gasteiger partial charge in [0.2, 0.25) is 5.43 Å². The number of carbonyl (C=O) groups excluding carboxylic acids is 1. The average Bonchev–Trinajstić information content (AvgIpc) is 2.82. The third-order valence-corrected chi connectivity index (χ3v) is 6.17. The molecular weight excluding hydrogens is 447 g/mol. The highest BCUT2D eigenvalue weighted by atomic mass is 35.5. The Labute approximate surface area is 195 Å². The molecule has 2 aromatic heterocycles. The fourth-order valence-electron chi connectivity index (χ4n) is 3.68. The third-order valence-electron chi connectivity index (χ3n) is 5.31. The highest BCUT2D eigenvalue weighted by molar-refractivity contribution is 6.42. The molecule has 0 radical (unpaired) electrons. The van der Waals surface area contributed by atoms with Crippen LogP contribution in [0.15, 0.2) is 71.8 Å². The van der Waals surface area contributed by atoms with E-state index in [-0.39, 0.29) is 11.0 Å². The van der Waals surface area contributed by atoms with Gasteiger partial charge in [0, 0.05) is 36.4 Å². The molecule has 4 aromatic rings. The van der Waals surface area contributed by atoms with Gasteiger partial charge < -0.3 is 9.30 Å². The Bertz CT molecular complexity index is 1350. The Morgan fingerprint density at radius 2 is 1.94 bits per heavy atom. The Balaban J connectivity index is 1.78. The Morgan fingerprint density at radius 1 is 1.09 bits per heavy atom. The van der Waals surface area contributed by atoms with Crippen LogP contribution in [-0.2, 0) is 24.1 Å². The maximum atomic E-state index is 13.1. The van der Waals surface area contributed by atoms with Crippen LogP contribution in [-0.4, -0.2) is 22.6 Å². The van der Waals surface area contributed by atoms with Gasteiger partial charge >= 0.3 is 5.97 Å². The molecule has 0 amide bonds. The van der Waals surface area contributed by atoms with E-state index in [1.807, 2.05) is 47.0 Å². The summed E-state index contributed by atoms with van der Waals surface area (Å²) in [5, 5.41) is 1.42. The first-order valence-electron chi connectivity index (χ1n) is 10.0. The number of pyridine rings is 2. The van der Waals surface area contributed by atoms with Gasteiger partial charge in [-0.2, -0.15) is 0 Å². The first-order chi connectivity index (χ1) is 15.5. The number of methoxy groups -OCH3 is 1. The number of fused-ring (bicyclic) bond motifs is 1. The molecule has 2 heterocycles. The molecule has 7 heteroatoms. The number of ether oxygens (including phenoxy) is 1. The molecule has 0 aliphatic rings. The fourth-order valence-corrected chi connectivity index (χ4v) is 4.07. The number of hydrogen-bond acceptors (Lipinski definition) is 4. The van der Waals surface area contributed by atoms with Gasteiger partial charge in [0.1, 0.15) is 5.56 Å². The molecule has 0 saturated heterocycles. The van der Waals surface area contributed by atoms with E-state index < -0.39 is 5.97 Å². The minimum atomic E-state index is -0.660. The van der Waals surface area contributed by atoms with E-state index in [4.69, 9.17) is 27.9 Å². The summed E-state index contributed by atoms with van der Waals surface area (Å²) in [6.07, 6.45) is 4.46. The standard InChI is InChI=1S/C25H20Cl2N2O3/c1-32-25(31)20-15-29(12-10-18-6-2-3-11-28-18)22-9-8-16(14-19(22)24(20)30)13-17-5-4-7-21(26)23(17)27/h2-9,11,14-15H,10,12-13H2,1H3. The van der Waals surface area contributed by atoms with Crippen LogP contribution in [0, 0.1) is 0 Å². The van der Waals surface area contributed by atoms with Crippen molar-refractivity contribution in [2.75, 3.05) is 7.11 Å². The Hall–Kier alpha value is -3.15. The topological polar surface area (TPSA) is 61.2 Å². The van der Waals surface area contributed by atoms with Crippen LogP contribution < -0.4 is 5.43 Å². The zero-order valence-electron chi connectivity index (χ0n) is 17.3. The van der Waals surface area contributed by atoms with Crippen molar-refractivity contribution in [2.45, 2.75) is 19.4 Å². The first kappa shape index (κ1) is 22.1. The van der Waals surface area contributed by atoms with Gasteiger partial charge in [-0.1, -0.05) is 47.5 Å². The van der Waals surface area contributed by atoms with E-state index in [0.29, 0.717) is 34.8 Å². The van der Waals surface area contributed by atoms with Crippen LogP contribution in [0.25, 0.3) is 10.9 Å². The van der Waals surface area contributed by atoms with E-state index in [9.17, 15) is 9.59 Å². The monoisotopic (exact) mass is 466 g/mol. The minimum Gasteiger partial charge on any atom is -0.465 e. The second-order valence-corrected chi connectivity index (χ2v) is 8.15. The van der Waals surface area contributed by atoms with Crippen LogP contribution in [0.4, 0.5) is 0 Å². The second kappa shape index (κ2) is 9.55. The highest BCUT2D eigenvalue weighted by Crippen LogP contribution is 2.28. The molecule has 0 N–H and O–H groups in total. The summed E-state index contributed by atoms with van der Waals surface area (Å²) < 4.78 is 6.74. The van der Waals surface area contributed by atoms with Crippen LogP contribution in [0.5, 0.6) is 0 Å². The molecule has 0 bridgehead atoms. The van der Waals surface area contributed by atoms with Crippen LogP contribution in [0.1, 0.15) is 27.2 Å². The largest absolute Gasteiger partial charge is 0.465 e. The Morgan fingerprint density at radius 3 is 2.69 bits per heavy atom. The number of nitrogens with zero attached hydrogens (tertiary/aromatic N) is 2. The molecule has 0 saturated carbocycles. The van der Waals surface area contributed by atoms with Gasteiger partial charge in [0.25, 0.3) is 0 Å². The summed E-state index contributed by atoms with van der Waals surface area (Å²) in [5.41, 5.74) is 3.04. The quantitative estimate of drug-likeness (QED) is 0.360. The first-order valence-corrected chi connectivity index (χ1v) is 10.8. The van der Waals surface area contributed by atoms with Crippen LogP contribution in [0.3, 0.4) is 0 Å². The normalized spacial score (nSPS) is 11.0. The predicted octanol–water partition coefficient (Wildman–Crippen LogP) is 5.32. The molecule has 0 unspecified atom stereocenters. The van der Waals surface area contributed by atoms with Crippen LogP contribution >= 0.6 is 23.2 Å². The van der Waals surface area contributed by atoms with Gasteiger partial charge in [-0.25, -0.2) is 4.79 Å². The molecule has 0 aliphatic carbocycles. The predicted molar refractivity (Wildman–Crippen MR) is 127 cm³/mol. The molecule has 0 fully saturated rings. The lowest BCUT2D eigenvalue weighted by molar-refractivity contribution is 0.0598. The van der Waals surface area contributed by atoms with Gasteiger partial charge in [-0.05, 0) is 47.9 Å². The van der Waals surface area contributed by atoms with Crippen molar-refractivity contribution in [2.24, 2.45) is 0 Å². The molecule has 0 spiro atoms. The number of carbonyl (C=O) groups is 1. The van der Waals surface area contributed by atoms with Crippen molar-refractivity contribution >= 4 is 40.1 Å². The average molecular weight is 467 g/mol. The van der Waals surface area contributed by atoms with E-state index in [1.165, 1.54) is 7.11 Å². The maximum Gasteiger partial charge on any atom is 0.343 e. The SMILES string of the molecule is COC(=O)c1cn(CCc2ccccn2)c2ccc(Cc3cccc(Cl)c3Cl)cc2c1=O. The van der Waals surface area contributed by atoms with E-state index in [0.717, 1.165) is 22.3 Å². The fraction of sp³-hybridized carbons (Fsp3) is 0.160. The molecule has 2 aromatic carbocycles. The lowest BCUT2D eigenvalue weighted by Crippen LogP contribution is -2.21. The van der Waals surface area contributed by atoms with Crippen LogP contribution in [0.2, 0.25) is 10.0 Å². The minimum absolute atomic E-state index is 0.000964. The third kappa shape index (κ3) is 4.54. The molecular formula is C25H20Cl2N2O3. The van der Waals surface area contributed by atoms with E-state index in [1.54, 1.807) is 24.5 Å². The molecule has 0 aliphatic heterocycles. The Kier molecular flexibility index (Phi) is 6.58. The molecule has 5 nitrogen and oxygen atoms in total. The molecule has 4 rings (SSSR count). The summed E-state index contributed by atoms with van der Waals surface area (Å²) in [4.78, 5) is 29.7. The van der Waals surface area contributed by atoms with Crippen molar-refractivity contribution in [3.8, 4) is 0 Å². The lowest BCUT2D eigenvalue weighted by Gasteiger charge is -2.14. The van der Waals surface area contributed by atoms with Gasteiger partial charge in [-0.15, -0.1) is 0 Å². The number of aromatic nitrogens is 2. The lowest BCUT2D eigenvalue weighted by atomic mass is 10.0. The summed E-state index contributed by atoms with van der Waals surface area (Å²) in [6, 6.07) is 16.9. The second-order valence-electron chi connectivity index (χ2n) is 7.37. The van der Waals surface area contributed by atoms with Crippen molar-refractivity contribution in [3.63, 3.8) is 0 Å². The van der Waals surface area contributed by atoms with E-state index in [2.05, 4.69) is 4.98 Å².